The first-order chi connectivity index (χ1) is 9.06. The van der Waals surface area contributed by atoms with Crippen molar-refractivity contribution in [3.05, 3.63) is 29.5 Å². The van der Waals surface area contributed by atoms with Gasteiger partial charge in [-0.2, -0.15) is 0 Å². The number of hydrogen-bond donors (Lipinski definition) is 1. The summed E-state index contributed by atoms with van der Waals surface area (Å²) in [4.78, 5) is 11.8. The zero-order valence-electron chi connectivity index (χ0n) is 11.7. The normalized spacial score (nSPS) is 11.2. The second kappa shape index (κ2) is 5.87. The monoisotopic (exact) mass is 260 g/mol. The SMILES string of the molecule is Cc1ccc2onc(CC(=O)NCCC(C)C)c2c1. The Morgan fingerprint density at radius 2 is 2.21 bits per heavy atom. The van der Waals surface area contributed by atoms with Crippen molar-refractivity contribution in [1.82, 2.24) is 10.5 Å². The van der Waals surface area contributed by atoms with Gasteiger partial charge in [0.25, 0.3) is 0 Å². The van der Waals surface area contributed by atoms with Crippen molar-refractivity contribution in [2.75, 3.05) is 6.54 Å². The maximum absolute atomic E-state index is 11.8. The molecule has 4 nitrogen and oxygen atoms in total. The van der Waals surface area contributed by atoms with Crippen LogP contribution < -0.4 is 5.32 Å². The molecule has 0 spiro atoms. The number of benzene rings is 1. The number of aryl methyl sites for hydroxylation is 1. The molecule has 0 saturated heterocycles. The molecule has 2 rings (SSSR count). The van der Waals surface area contributed by atoms with Crippen LogP contribution in [0.3, 0.4) is 0 Å². The minimum absolute atomic E-state index is 0.00245. The second-order valence-electron chi connectivity index (χ2n) is 5.34. The molecule has 1 aromatic carbocycles. The molecule has 0 unspecified atom stereocenters. The van der Waals surface area contributed by atoms with Gasteiger partial charge in [0.2, 0.25) is 5.91 Å². The molecule has 0 bridgehead atoms. The van der Waals surface area contributed by atoms with E-state index >= 15 is 0 Å². The van der Waals surface area contributed by atoms with Crippen molar-refractivity contribution in [3.8, 4) is 0 Å². The summed E-state index contributed by atoms with van der Waals surface area (Å²) >= 11 is 0. The molecule has 1 N–H and O–H groups in total. The molecule has 1 aromatic heterocycles. The largest absolute Gasteiger partial charge is 0.356 e. The van der Waals surface area contributed by atoms with Crippen molar-refractivity contribution in [2.24, 2.45) is 5.92 Å². The van der Waals surface area contributed by atoms with Crippen molar-refractivity contribution in [1.29, 1.82) is 0 Å². The van der Waals surface area contributed by atoms with Crippen LogP contribution in [0.15, 0.2) is 22.7 Å². The number of rotatable bonds is 5. The molecule has 0 aliphatic rings. The summed E-state index contributed by atoms with van der Waals surface area (Å²) in [5.74, 6) is 0.591. The van der Waals surface area contributed by atoms with E-state index in [0.717, 1.165) is 23.0 Å². The highest BCUT2D eigenvalue weighted by Gasteiger charge is 2.12. The maximum Gasteiger partial charge on any atom is 0.226 e. The van der Waals surface area contributed by atoms with Crippen molar-refractivity contribution < 1.29 is 9.32 Å². The summed E-state index contributed by atoms with van der Waals surface area (Å²) in [5, 5.41) is 7.82. The maximum atomic E-state index is 11.8. The Labute approximate surface area is 113 Å². The summed E-state index contributed by atoms with van der Waals surface area (Å²) in [6.07, 6.45) is 1.26. The third kappa shape index (κ3) is 3.56. The lowest BCUT2D eigenvalue weighted by Gasteiger charge is -2.06. The molecule has 1 amide bonds. The molecular formula is C15H20N2O2. The molecule has 1 heterocycles. The van der Waals surface area contributed by atoms with Gasteiger partial charge in [-0.25, -0.2) is 0 Å². The van der Waals surface area contributed by atoms with Crippen LogP contribution in [0, 0.1) is 12.8 Å². The number of fused-ring (bicyclic) bond motifs is 1. The van der Waals surface area contributed by atoms with E-state index in [-0.39, 0.29) is 12.3 Å². The molecular weight excluding hydrogens is 240 g/mol. The summed E-state index contributed by atoms with van der Waals surface area (Å²) in [7, 11) is 0. The van der Waals surface area contributed by atoms with Crippen molar-refractivity contribution in [2.45, 2.75) is 33.6 Å². The van der Waals surface area contributed by atoms with E-state index in [4.69, 9.17) is 4.52 Å². The van der Waals surface area contributed by atoms with Crippen LogP contribution in [0.5, 0.6) is 0 Å². The first-order valence-corrected chi connectivity index (χ1v) is 6.68. The quantitative estimate of drug-likeness (QED) is 0.899. The lowest BCUT2D eigenvalue weighted by Crippen LogP contribution is -2.27. The van der Waals surface area contributed by atoms with Crippen LogP contribution >= 0.6 is 0 Å². The molecule has 102 valence electrons. The van der Waals surface area contributed by atoms with Gasteiger partial charge in [0.1, 0.15) is 5.69 Å². The van der Waals surface area contributed by atoms with Crippen molar-refractivity contribution in [3.63, 3.8) is 0 Å². The van der Waals surface area contributed by atoms with Gasteiger partial charge >= 0.3 is 0 Å². The van der Waals surface area contributed by atoms with Gasteiger partial charge in [0.15, 0.2) is 5.58 Å². The van der Waals surface area contributed by atoms with Gasteiger partial charge in [-0.3, -0.25) is 4.79 Å². The number of carbonyl (C=O) groups is 1. The van der Waals surface area contributed by atoms with E-state index in [1.54, 1.807) is 0 Å². The zero-order valence-corrected chi connectivity index (χ0v) is 11.7. The summed E-state index contributed by atoms with van der Waals surface area (Å²) in [6.45, 7) is 7.00. The predicted molar refractivity (Wildman–Crippen MR) is 74.9 cm³/mol. The Balaban J connectivity index is 2.01. The number of aromatic nitrogens is 1. The Kier molecular flexibility index (Phi) is 4.20. The predicted octanol–water partition coefficient (Wildman–Crippen LogP) is 2.84. The van der Waals surface area contributed by atoms with Crippen LogP contribution in [-0.2, 0) is 11.2 Å². The van der Waals surface area contributed by atoms with Crippen molar-refractivity contribution >= 4 is 16.9 Å². The standard InChI is InChI=1S/C15H20N2O2/c1-10(2)6-7-16-15(18)9-13-12-8-11(3)4-5-14(12)19-17-13/h4-5,8,10H,6-7,9H2,1-3H3,(H,16,18). The first kappa shape index (κ1) is 13.6. The average molecular weight is 260 g/mol. The van der Waals surface area contributed by atoms with Crippen LogP contribution in [0.2, 0.25) is 0 Å². The summed E-state index contributed by atoms with van der Waals surface area (Å²) in [5.41, 5.74) is 2.58. The van der Waals surface area contributed by atoms with E-state index in [0.29, 0.717) is 18.2 Å². The Bertz CT molecular complexity index is 573. The van der Waals surface area contributed by atoms with Gasteiger partial charge in [0.05, 0.1) is 6.42 Å². The highest BCUT2D eigenvalue weighted by molar-refractivity contribution is 5.86. The fourth-order valence-electron chi connectivity index (χ4n) is 1.94. The van der Waals surface area contributed by atoms with E-state index in [9.17, 15) is 4.79 Å². The molecule has 0 fully saturated rings. The van der Waals surface area contributed by atoms with Crippen LogP contribution in [0.25, 0.3) is 11.0 Å². The molecule has 2 aromatic rings. The summed E-state index contributed by atoms with van der Waals surface area (Å²) < 4.78 is 5.22. The van der Waals surface area contributed by atoms with E-state index in [2.05, 4.69) is 24.3 Å². The summed E-state index contributed by atoms with van der Waals surface area (Å²) in [6, 6.07) is 5.86. The number of amides is 1. The van der Waals surface area contributed by atoms with Gasteiger partial charge in [-0.05, 0) is 31.4 Å². The number of carbonyl (C=O) groups excluding carboxylic acids is 1. The van der Waals surface area contributed by atoms with Crippen LogP contribution in [0.4, 0.5) is 0 Å². The molecule has 0 atom stereocenters. The van der Waals surface area contributed by atoms with E-state index < -0.39 is 0 Å². The van der Waals surface area contributed by atoms with Gasteiger partial charge < -0.3 is 9.84 Å². The van der Waals surface area contributed by atoms with Crippen LogP contribution in [-0.4, -0.2) is 17.6 Å². The minimum atomic E-state index is -0.00245. The Hall–Kier alpha value is -1.84. The third-order valence-corrected chi connectivity index (χ3v) is 3.07. The molecule has 0 aliphatic heterocycles. The Morgan fingerprint density at radius 1 is 1.42 bits per heavy atom. The molecule has 0 radical (unpaired) electrons. The van der Waals surface area contributed by atoms with Gasteiger partial charge in [-0.1, -0.05) is 30.6 Å². The van der Waals surface area contributed by atoms with Gasteiger partial charge in [-0.15, -0.1) is 0 Å². The fourth-order valence-corrected chi connectivity index (χ4v) is 1.94. The van der Waals surface area contributed by atoms with E-state index in [1.807, 2.05) is 25.1 Å². The smallest absolute Gasteiger partial charge is 0.226 e. The number of hydrogen-bond acceptors (Lipinski definition) is 3. The fraction of sp³-hybridized carbons (Fsp3) is 0.467. The minimum Gasteiger partial charge on any atom is -0.356 e. The Morgan fingerprint density at radius 3 is 2.95 bits per heavy atom. The molecule has 0 aliphatic carbocycles. The van der Waals surface area contributed by atoms with E-state index in [1.165, 1.54) is 0 Å². The number of nitrogens with zero attached hydrogens (tertiary/aromatic N) is 1. The molecule has 4 heteroatoms. The average Bonchev–Trinajstić information content (AvgIpc) is 2.71. The third-order valence-electron chi connectivity index (χ3n) is 3.07. The molecule has 0 saturated carbocycles. The lowest BCUT2D eigenvalue weighted by molar-refractivity contribution is -0.120. The highest BCUT2D eigenvalue weighted by atomic mass is 16.5. The second-order valence-corrected chi connectivity index (χ2v) is 5.34. The topological polar surface area (TPSA) is 55.1 Å². The zero-order chi connectivity index (χ0) is 13.8. The molecule has 19 heavy (non-hydrogen) atoms. The lowest BCUT2D eigenvalue weighted by atomic mass is 10.1. The highest BCUT2D eigenvalue weighted by Crippen LogP contribution is 2.20. The van der Waals surface area contributed by atoms with Crippen LogP contribution in [0.1, 0.15) is 31.5 Å². The first-order valence-electron chi connectivity index (χ1n) is 6.68. The van der Waals surface area contributed by atoms with Gasteiger partial charge in [0, 0.05) is 11.9 Å². The number of nitrogens with one attached hydrogen (secondary N) is 1.